The van der Waals surface area contributed by atoms with Crippen LogP contribution >= 0.6 is 0 Å². The maximum absolute atomic E-state index is 13.4. The summed E-state index contributed by atoms with van der Waals surface area (Å²) in [6, 6.07) is 13.3. The normalized spacial score (nSPS) is 16.0. The van der Waals surface area contributed by atoms with E-state index in [1.165, 1.54) is 7.11 Å². The first-order valence-corrected chi connectivity index (χ1v) is 10.7. The summed E-state index contributed by atoms with van der Waals surface area (Å²) in [5.74, 6) is -0.0564. The molecule has 1 amide bonds. The molecule has 0 heterocycles. The number of anilines is 1. The molecule has 0 unspecified atom stereocenters. The summed E-state index contributed by atoms with van der Waals surface area (Å²) in [7, 11) is 1.34. The van der Waals surface area contributed by atoms with Crippen LogP contribution in [0.15, 0.2) is 42.5 Å². The van der Waals surface area contributed by atoms with Gasteiger partial charge >= 0.3 is 5.97 Å². The number of nitrogens with one attached hydrogen (secondary N) is 1. The number of amides is 1. The molecule has 1 saturated carbocycles. The van der Waals surface area contributed by atoms with E-state index in [2.05, 4.69) is 11.4 Å². The zero-order valence-corrected chi connectivity index (χ0v) is 18.3. The summed E-state index contributed by atoms with van der Waals surface area (Å²) >= 11 is 0. The van der Waals surface area contributed by atoms with Crippen molar-refractivity contribution < 1.29 is 19.1 Å². The molecule has 5 heteroatoms. The smallest absolute Gasteiger partial charge is 0.341 e. The minimum atomic E-state index is -0.538. The number of benzene rings is 2. The van der Waals surface area contributed by atoms with Gasteiger partial charge in [-0.3, -0.25) is 4.79 Å². The molecular weight excluding hydrogens is 378 g/mol. The van der Waals surface area contributed by atoms with Gasteiger partial charge in [0.1, 0.15) is 11.3 Å². The lowest BCUT2D eigenvalue weighted by molar-refractivity contribution is -0.121. The lowest BCUT2D eigenvalue weighted by atomic mass is 9.77. The molecule has 2 aromatic rings. The number of ether oxygens (including phenoxy) is 2. The average Bonchev–Trinajstić information content (AvgIpc) is 3.25. The predicted molar refractivity (Wildman–Crippen MR) is 118 cm³/mol. The Morgan fingerprint density at radius 3 is 2.50 bits per heavy atom. The minimum Gasteiger partial charge on any atom is -0.490 e. The molecule has 1 aliphatic rings. The van der Waals surface area contributed by atoms with Gasteiger partial charge in [-0.1, -0.05) is 49.6 Å². The molecule has 30 heavy (non-hydrogen) atoms. The Morgan fingerprint density at radius 2 is 1.87 bits per heavy atom. The van der Waals surface area contributed by atoms with E-state index in [0.29, 0.717) is 17.0 Å². The van der Waals surface area contributed by atoms with Crippen molar-refractivity contribution in [2.75, 3.05) is 12.4 Å². The van der Waals surface area contributed by atoms with Crippen LogP contribution in [0.2, 0.25) is 0 Å². The van der Waals surface area contributed by atoms with Gasteiger partial charge in [-0.05, 0) is 56.9 Å². The number of carbonyl (C=O) groups is 2. The van der Waals surface area contributed by atoms with Gasteiger partial charge in [-0.25, -0.2) is 4.79 Å². The van der Waals surface area contributed by atoms with Crippen LogP contribution in [0.5, 0.6) is 5.75 Å². The average molecular weight is 410 g/mol. The molecule has 3 rings (SSSR count). The molecule has 1 atom stereocenters. The Bertz CT molecular complexity index is 915. The highest BCUT2D eigenvalue weighted by Gasteiger charge is 2.42. The van der Waals surface area contributed by atoms with Crippen molar-refractivity contribution in [1.82, 2.24) is 0 Å². The van der Waals surface area contributed by atoms with Crippen molar-refractivity contribution in [3.05, 3.63) is 59.2 Å². The molecule has 2 aromatic carbocycles. The topological polar surface area (TPSA) is 64.6 Å². The number of hydrogen-bond donors (Lipinski definition) is 1. The summed E-state index contributed by atoms with van der Waals surface area (Å²) in [5.41, 5.74) is 2.54. The Labute approximate surface area is 178 Å². The SMILES string of the molecule is CC[C@H](C)Oc1ccc(NC(=O)C2(c3cccc(C)c3)CCCC2)cc1C(=O)OC. The molecule has 5 nitrogen and oxygen atoms in total. The third-order valence-electron chi connectivity index (χ3n) is 6.01. The number of hydrogen-bond acceptors (Lipinski definition) is 4. The van der Waals surface area contributed by atoms with E-state index in [4.69, 9.17) is 9.47 Å². The molecule has 0 aromatic heterocycles. The monoisotopic (exact) mass is 409 g/mol. The van der Waals surface area contributed by atoms with Crippen LogP contribution in [0.3, 0.4) is 0 Å². The molecule has 160 valence electrons. The zero-order valence-electron chi connectivity index (χ0n) is 18.3. The highest BCUT2D eigenvalue weighted by molar-refractivity contribution is 6.01. The maximum atomic E-state index is 13.4. The fourth-order valence-electron chi connectivity index (χ4n) is 4.10. The molecule has 1 fully saturated rings. The molecular formula is C25H31NO4. The van der Waals surface area contributed by atoms with Gasteiger partial charge in [0.05, 0.1) is 18.6 Å². The molecule has 0 saturated heterocycles. The van der Waals surface area contributed by atoms with Gasteiger partial charge in [-0.2, -0.15) is 0 Å². The lowest BCUT2D eigenvalue weighted by Crippen LogP contribution is -2.38. The summed E-state index contributed by atoms with van der Waals surface area (Å²) in [4.78, 5) is 25.8. The molecule has 0 bridgehead atoms. The number of aryl methyl sites for hydroxylation is 1. The second-order valence-corrected chi connectivity index (χ2v) is 8.15. The van der Waals surface area contributed by atoms with Gasteiger partial charge in [0.2, 0.25) is 5.91 Å². The van der Waals surface area contributed by atoms with E-state index in [1.807, 2.05) is 39.0 Å². The fourth-order valence-corrected chi connectivity index (χ4v) is 4.10. The van der Waals surface area contributed by atoms with Gasteiger partial charge in [0.25, 0.3) is 0 Å². The maximum Gasteiger partial charge on any atom is 0.341 e. The van der Waals surface area contributed by atoms with Crippen LogP contribution in [0.1, 0.15) is 67.4 Å². The van der Waals surface area contributed by atoms with Gasteiger partial charge in [0, 0.05) is 5.69 Å². The second-order valence-electron chi connectivity index (χ2n) is 8.15. The number of rotatable bonds is 7. The van der Waals surface area contributed by atoms with Crippen LogP contribution in [-0.4, -0.2) is 25.1 Å². The zero-order chi connectivity index (χ0) is 21.7. The Morgan fingerprint density at radius 1 is 1.13 bits per heavy atom. The number of methoxy groups -OCH3 is 1. The number of carbonyl (C=O) groups excluding carboxylic acids is 2. The largest absolute Gasteiger partial charge is 0.490 e. The first kappa shape index (κ1) is 21.9. The highest BCUT2D eigenvalue weighted by atomic mass is 16.5. The highest BCUT2D eigenvalue weighted by Crippen LogP contribution is 2.42. The third kappa shape index (κ3) is 4.50. The quantitative estimate of drug-likeness (QED) is 0.621. The van der Waals surface area contributed by atoms with Crippen LogP contribution in [0.25, 0.3) is 0 Å². The van der Waals surface area contributed by atoms with Crippen molar-refractivity contribution in [1.29, 1.82) is 0 Å². The molecule has 0 spiro atoms. The summed E-state index contributed by atoms with van der Waals surface area (Å²) in [6.45, 7) is 6.01. The van der Waals surface area contributed by atoms with E-state index >= 15 is 0 Å². The standard InChI is InChI=1S/C25H31NO4/c1-5-18(3)30-22-12-11-20(16-21(22)23(27)29-4)26-24(28)25(13-6-7-14-25)19-10-8-9-17(2)15-19/h8-12,15-16,18H,5-7,13-14H2,1-4H3,(H,26,28)/t18-/m0/s1. The third-order valence-corrected chi connectivity index (χ3v) is 6.01. The lowest BCUT2D eigenvalue weighted by Gasteiger charge is -2.29. The summed E-state index contributed by atoms with van der Waals surface area (Å²) in [5, 5.41) is 3.05. The van der Waals surface area contributed by atoms with Crippen LogP contribution in [0, 0.1) is 6.92 Å². The van der Waals surface area contributed by atoms with Crippen molar-refractivity contribution in [3.63, 3.8) is 0 Å². The van der Waals surface area contributed by atoms with Crippen molar-refractivity contribution in [2.24, 2.45) is 0 Å². The fraction of sp³-hybridized carbons (Fsp3) is 0.440. The molecule has 0 radical (unpaired) electrons. The molecule has 1 N–H and O–H groups in total. The molecule has 1 aliphatic carbocycles. The predicted octanol–water partition coefficient (Wildman–Crippen LogP) is 5.41. The van der Waals surface area contributed by atoms with E-state index in [1.54, 1.807) is 18.2 Å². The van der Waals surface area contributed by atoms with E-state index in [9.17, 15) is 9.59 Å². The van der Waals surface area contributed by atoms with Crippen LogP contribution < -0.4 is 10.1 Å². The second kappa shape index (κ2) is 9.33. The minimum absolute atomic E-state index is 0.0305. The van der Waals surface area contributed by atoms with E-state index < -0.39 is 11.4 Å². The van der Waals surface area contributed by atoms with Crippen LogP contribution in [0.4, 0.5) is 5.69 Å². The van der Waals surface area contributed by atoms with Crippen molar-refractivity contribution in [3.8, 4) is 5.75 Å². The van der Waals surface area contributed by atoms with E-state index in [-0.39, 0.29) is 12.0 Å². The van der Waals surface area contributed by atoms with Crippen LogP contribution in [-0.2, 0) is 14.9 Å². The first-order valence-electron chi connectivity index (χ1n) is 10.7. The first-order chi connectivity index (χ1) is 14.4. The summed E-state index contributed by atoms with van der Waals surface area (Å²) < 4.78 is 10.8. The van der Waals surface area contributed by atoms with Gasteiger partial charge in [-0.15, -0.1) is 0 Å². The Kier molecular flexibility index (Phi) is 6.80. The molecule has 0 aliphatic heterocycles. The summed E-state index contributed by atoms with van der Waals surface area (Å²) in [6.07, 6.45) is 4.48. The van der Waals surface area contributed by atoms with Crippen molar-refractivity contribution in [2.45, 2.75) is 64.4 Å². The van der Waals surface area contributed by atoms with Gasteiger partial charge in [0.15, 0.2) is 0 Å². The number of esters is 1. The Hall–Kier alpha value is -2.82. The Balaban J connectivity index is 1.90. The van der Waals surface area contributed by atoms with Gasteiger partial charge < -0.3 is 14.8 Å². The van der Waals surface area contributed by atoms with E-state index in [0.717, 1.165) is 43.2 Å². The van der Waals surface area contributed by atoms with Crippen molar-refractivity contribution >= 4 is 17.6 Å².